The SMILES string of the molecule is Fc1ccc(-c2nnn3c2nc(NCc2ccc(F)cc2Cl)c2ccccc23)cc1. The number of hydrogen-bond acceptors (Lipinski definition) is 4. The summed E-state index contributed by atoms with van der Waals surface area (Å²) in [4.78, 5) is 4.74. The average Bonchev–Trinajstić information content (AvgIpc) is 3.18. The Labute approximate surface area is 174 Å². The van der Waals surface area contributed by atoms with Crippen molar-refractivity contribution in [3.63, 3.8) is 0 Å². The standard InChI is InChI=1S/C22H14ClF2N5/c23-18-11-16(25)10-7-14(18)12-26-21-17-3-1-2-4-19(17)30-22(27-21)20(28-29-30)13-5-8-15(24)9-6-13/h1-11H,12H2,(H,26,27). The van der Waals surface area contributed by atoms with Crippen molar-refractivity contribution in [1.29, 1.82) is 0 Å². The Morgan fingerprint density at radius 2 is 1.70 bits per heavy atom. The highest BCUT2D eigenvalue weighted by molar-refractivity contribution is 6.31. The number of nitrogens with one attached hydrogen (secondary N) is 1. The van der Waals surface area contributed by atoms with Crippen LogP contribution in [-0.4, -0.2) is 19.8 Å². The monoisotopic (exact) mass is 421 g/mol. The molecule has 30 heavy (non-hydrogen) atoms. The summed E-state index contributed by atoms with van der Waals surface area (Å²) < 4.78 is 28.3. The van der Waals surface area contributed by atoms with E-state index >= 15 is 0 Å². The molecule has 0 aliphatic carbocycles. The Hall–Kier alpha value is -3.58. The molecular weight excluding hydrogens is 408 g/mol. The first-order chi connectivity index (χ1) is 14.6. The fourth-order valence-corrected chi connectivity index (χ4v) is 3.57. The number of nitrogens with zero attached hydrogens (tertiary/aromatic N) is 4. The van der Waals surface area contributed by atoms with E-state index in [9.17, 15) is 8.78 Å². The van der Waals surface area contributed by atoms with Crippen LogP contribution in [-0.2, 0) is 6.54 Å². The molecule has 0 amide bonds. The Kier molecular flexibility index (Phi) is 4.52. The van der Waals surface area contributed by atoms with Gasteiger partial charge in [0.1, 0.15) is 23.1 Å². The van der Waals surface area contributed by atoms with E-state index in [-0.39, 0.29) is 11.6 Å². The molecule has 3 aromatic carbocycles. The summed E-state index contributed by atoms with van der Waals surface area (Å²) in [5, 5.41) is 13.0. The number of rotatable bonds is 4. The highest BCUT2D eigenvalue weighted by Gasteiger charge is 2.16. The van der Waals surface area contributed by atoms with E-state index in [4.69, 9.17) is 16.6 Å². The van der Waals surface area contributed by atoms with E-state index in [2.05, 4.69) is 15.6 Å². The molecule has 0 fully saturated rings. The number of aromatic nitrogens is 4. The lowest BCUT2D eigenvalue weighted by atomic mass is 10.1. The molecule has 0 atom stereocenters. The summed E-state index contributed by atoms with van der Waals surface area (Å²) in [5.41, 5.74) is 3.35. The van der Waals surface area contributed by atoms with Gasteiger partial charge in [-0.15, -0.1) is 5.10 Å². The number of halogens is 3. The maximum atomic E-state index is 13.3. The molecule has 5 aromatic rings. The fraction of sp³-hybridized carbons (Fsp3) is 0.0455. The summed E-state index contributed by atoms with van der Waals surface area (Å²) in [7, 11) is 0. The molecule has 0 bridgehead atoms. The molecule has 5 rings (SSSR count). The molecule has 1 N–H and O–H groups in total. The zero-order valence-corrected chi connectivity index (χ0v) is 16.2. The van der Waals surface area contributed by atoms with Gasteiger partial charge in [-0.3, -0.25) is 0 Å². The predicted octanol–water partition coefficient (Wildman–Crippen LogP) is 5.49. The van der Waals surface area contributed by atoms with Gasteiger partial charge in [0.05, 0.1) is 5.52 Å². The summed E-state index contributed by atoms with van der Waals surface area (Å²) in [6.07, 6.45) is 0. The van der Waals surface area contributed by atoms with Crippen molar-refractivity contribution in [2.45, 2.75) is 6.54 Å². The van der Waals surface area contributed by atoms with E-state index in [1.807, 2.05) is 24.3 Å². The Balaban J connectivity index is 1.62. The molecule has 8 heteroatoms. The highest BCUT2D eigenvalue weighted by atomic mass is 35.5. The van der Waals surface area contributed by atoms with Crippen LogP contribution >= 0.6 is 11.6 Å². The van der Waals surface area contributed by atoms with Crippen LogP contribution in [0.2, 0.25) is 5.02 Å². The molecule has 5 nitrogen and oxygen atoms in total. The van der Waals surface area contributed by atoms with E-state index in [0.717, 1.165) is 16.5 Å². The molecule has 2 aromatic heterocycles. The van der Waals surface area contributed by atoms with Crippen LogP contribution in [0.25, 0.3) is 27.8 Å². The summed E-state index contributed by atoms with van der Waals surface area (Å²) in [6.45, 7) is 0.361. The molecule has 0 radical (unpaired) electrons. The van der Waals surface area contributed by atoms with Gasteiger partial charge in [0.2, 0.25) is 0 Å². The maximum Gasteiger partial charge on any atom is 0.186 e. The summed E-state index contributed by atoms with van der Waals surface area (Å²) >= 11 is 6.15. The minimum atomic E-state index is -0.386. The van der Waals surface area contributed by atoms with Crippen LogP contribution in [0.4, 0.5) is 14.6 Å². The van der Waals surface area contributed by atoms with Crippen LogP contribution < -0.4 is 5.32 Å². The maximum absolute atomic E-state index is 13.3. The van der Waals surface area contributed by atoms with Crippen molar-refractivity contribution in [1.82, 2.24) is 19.8 Å². The average molecular weight is 422 g/mol. The van der Waals surface area contributed by atoms with Crippen LogP contribution in [0.1, 0.15) is 5.56 Å². The van der Waals surface area contributed by atoms with Crippen molar-refractivity contribution < 1.29 is 8.78 Å². The molecule has 0 aliphatic heterocycles. The van der Waals surface area contributed by atoms with Crippen LogP contribution in [0, 0.1) is 11.6 Å². The van der Waals surface area contributed by atoms with Gasteiger partial charge in [-0.2, -0.15) is 4.52 Å². The van der Waals surface area contributed by atoms with Gasteiger partial charge in [0.15, 0.2) is 5.65 Å². The van der Waals surface area contributed by atoms with E-state index in [1.165, 1.54) is 24.3 Å². The smallest absolute Gasteiger partial charge is 0.186 e. The molecule has 148 valence electrons. The third-order valence-electron chi connectivity index (χ3n) is 4.83. The Morgan fingerprint density at radius 1 is 0.933 bits per heavy atom. The number of anilines is 1. The van der Waals surface area contributed by atoms with Gasteiger partial charge in [0, 0.05) is 22.5 Å². The van der Waals surface area contributed by atoms with Gasteiger partial charge in [-0.25, -0.2) is 13.8 Å². The molecule has 2 heterocycles. The number of fused-ring (bicyclic) bond motifs is 3. The normalized spacial score (nSPS) is 11.3. The van der Waals surface area contributed by atoms with Crippen molar-refractivity contribution in [3.8, 4) is 11.3 Å². The second kappa shape index (κ2) is 7.35. The predicted molar refractivity (Wildman–Crippen MR) is 112 cm³/mol. The summed E-state index contributed by atoms with van der Waals surface area (Å²) in [6, 6.07) is 18.0. The number of hydrogen-bond donors (Lipinski definition) is 1. The third-order valence-corrected chi connectivity index (χ3v) is 5.18. The second-order valence-electron chi connectivity index (χ2n) is 6.75. The first kappa shape index (κ1) is 18.4. The minimum absolute atomic E-state index is 0.327. The number of benzene rings is 3. The lowest BCUT2D eigenvalue weighted by molar-refractivity contribution is 0.627. The quantitative estimate of drug-likeness (QED) is 0.417. The first-order valence-electron chi connectivity index (χ1n) is 9.18. The van der Waals surface area contributed by atoms with Gasteiger partial charge < -0.3 is 5.32 Å². The summed E-state index contributed by atoms with van der Waals surface area (Å²) in [5.74, 6) is -0.0978. The van der Waals surface area contributed by atoms with Crippen LogP contribution in [0.5, 0.6) is 0 Å². The van der Waals surface area contributed by atoms with Crippen molar-refractivity contribution >= 4 is 34.0 Å². The molecule has 0 unspecified atom stereocenters. The van der Waals surface area contributed by atoms with Crippen molar-refractivity contribution in [2.75, 3.05) is 5.32 Å². The van der Waals surface area contributed by atoms with E-state index in [0.29, 0.717) is 34.3 Å². The molecule has 0 spiro atoms. The Bertz CT molecular complexity index is 1380. The van der Waals surface area contributed by atoms with Crippen molar-refractivity contribution in [2.24, 2.45) is 0 Å². The van der Waals surface area contributed by atoms with Crippen molar-refractivity contribution in [3.05, 3.63) is 89.0 Å². The second-order valence-corrected chi connectivity index (χ2v) is 7.15. The zero-order valence-electron chi connectivity index (χ0n) is 15.5. The highest BCUT2D eigenvalue weighted by Crippen LogP contribution is 2.28. The lowest BCUT2D eigenvalue weighted by Gasteiger charge is -2.11. The zero-order chi connectivity index (χ0) is 20.7. The topological polar surface area (TPSA) is 55.1 Å². The molecule has 0 saturated carbocycles. The first-order valence-corrected chi connectivity index (χ1v) is 9.56. The fourth-order valence-electron chi connectivity index (χ4n) is 3.34. The minimum Gasteiger partial charge on any atom is -0.365 e. The molecule has 0 aliphatic rings. The van der Waals surface area contributed by atoms with E-state index < -0.39 is 0 Å². The van der Waals surface area contributed by atoms with Gasteiger partial charge in [0.25, 0.3) is 0 Å². The van der Waals surface area contributed by atoms with E-state index in [1.54, 1.807) is 22.7 Å². The molecule has 0 saturated heterocycles. The largest absolute Gasteiger partial charge is 0.365 e. The van der Waals surface area contributed by atoms with Gasteiger partial charge >= 0.3 is 0 Å². The van der Waals surface area contributed by atoms with Crippen LogP contribution in [0.3, 0.4) is 0 Å². The third kappa shape index (κ3) is 3.23. The van der Waals surface area contributed by atoms with Gasteiger partial charge in [-0.1, -0.05) is 35.0 Å². The van der Waals surface area contributed by atoms with Crippen LogP contribution in [0.15, 0.2) is 66.7 Å². The lowest BCUT2D eigenvalue weighted by Crippen LogP contribution is -2.05. The molecular formula is C22H14ClF2N5. The Morgan fingerprint density at radius 3 is 2.50 bits per heavy atom. The number of para-hydroxylation sites is 1. The van der Waals surface area contributed by atoms with Gasteiger partial charge in [-0.05, 0) is 54.1 Å².